The second kappa shape index (κ2) is 3.13. The molecule has 0 atom stereocenters. The van der Waals surface area contributed by atoms with E-state index in [9.17, 15) is 4.79 Å². The minimum Gasteiger partial charge on any atom is -0.303 e. The third-order valence-corrected chi connectivity index (χ3v) is 2.81. The van der Waals surface area contributed by atoms with Gasteiger partial charge in [-0.3, -0.25) is 0 Å². The van der Waals surface area contributed by atoms with Gasteiger partial charge in [-0.1, -0.05) is 0 Å². The maximum atomic E-state index is 10.0. The molecule has 0 radical (unpaired) electrons. The van der Waals surface area contributed by atoms with Crippen molar-refractivity contribution in [2.45, 2.75) is 6.42 Å². The first-order valence-electron chi connectivity index (χ1n) is 2.50. The lowest BCUT2D eigenvalue weighted by molar-refractivity contribution is -0.107. The summed E-state index contributed by atoms with van der Waals surface area (Å²) in [6.45, 7) is 0. The predicted octanol–water partition coefficient (Wildman–Crippen LogP) is 2.25. The average Bonchev–Trinajstić information content (AvgIpc) is 2.18. The molecular weight excluding hydrogens is 200 g/mol. The Labute approximate surface area is 65.8 Å². The van der Waals surface area contributed by atoms with E-state index in [4.69, 9.17) is 0 Å². The highest BCUT2D eigenvalue weighted by Gasteiger charge is 1.97. The maximum absolute atomic E-state index is 10.0. The first-order chi connectivity index (χ1) is 4.34. The van der Waals surface area contributed by atoms with Crippen LogP contribution in [0, 0.1) is 0 Å². The molecule has 0 N–H and O–H groups in total. The minimum atomic E-state index is 0.518. The Morgan fingerprint density at radius 1 is 1.78 bits per heavy atom. The van der Waals surface area contributed by atoms with Gasteiger partial charge in [0.25, 0.3) is 0 Å². The summed E-state index contributed by atoms with van der Waals surface area (Å²) in [5.74, 6) is 0. The van der Waals surface area contributed by atoms with Crippen LogP contribution >= 0.6 is 27.3 Å². The fraction of sp³-hybridized carbons (Fsp3) is 0.167. The molecule has 0 aliphatic carbocycles. The molecule has 0 aromatic carbocycles. The van der Waals surface area contributed by atoms with Crippen molar-refractivity contribution in [2.75, 3.05) is 0 Å². The van der Waals surface area contributed by atoms with E-state index in [0.29, 0.717) is 6.42 Å². The Kier molecular flexibility index (Phi) is 2.42. The van der Waals surface area contributed by atoms with Crippen LogP contribution in [0.2, 0.25) is 0 Å². The second-order valence-corrected chi connectivity index (χ2v) is 3.82. The van der Waals surface area contributed by atoms with Gasteiger partial charge in [-0.25, -0.2) is 0 Å². The molecule has 1 aromatic heterocycles. The lowest BCUT2D eigenvalue weighted by Gasteiger charge is -1.85. The number of hydrogen-bond donors (Lipinski definition) is 0. The van der Waals surface area contributed by atoms with Crippen LogP contribution in [0.5, 0.6) is 0 Å². The molecule has 48 valence electrons. The lowest BCUT2D eigenvalue weighted by atomic mass is 10.3. The summed E-state index contributed by atoms with van der Waals surface area (Å²) in [7, 11) is 0. The van der Waals surface area contributed by atoms with Gasteiger partial charge >= 0.3 is 0 Å². The molecular formula is C6H5BrOS. The summed E-state index contributed by atoms with van der Waals surface area (Å²) in [5, 5.41) is 1.96. The van der Waals surface area contributed by atoms with Crippen LogP contribution < -0.4 is 0 Å². The van der Waals surface area contributed by atoms with Crippen LogP contribution in [0.25, 0.3) is 0 Å². The van der Waals surface area contributed by atoms with E-state index < -0.39 is 0 Å². The first kappa shape index (κ1) is 6.96. The zero-order valence-corrected chi connectivity index (χ0v) is 7.04. The number of aldehydes is 1. The van der Waals surface area contributed by atoms with E-state index in [1.165, 1.54) is 0 Å². The minimum absolute atomic E-state index is 0.518. The summed E-state index contributed by atoms with van der Waals surface area (Å²) < 4.78 is 1.06. The lowest BCUT2D eigenvalue weighted by Crippen LogP contribution is -1.80. The summed E-state index contributed by atoms with van der Waals surface area (Å²) in [6.07, 6.45) is 1.43. The van der Waals surface area contributed by atoms with E-state index in [-0.39, 0.29) is 0 Å². The summed E-state index contributed by atoms with van der Waals surface area (Å²) >= 11 is 4.93. The fourth-order valence-electron chi connectivity index (χ4n) is 0.555. The van der Waals surface area contributed by atoms with E-state index in [1.807, 2.05) is 11.4 Å². The molecule has 1 heterocycles. The molecule has 0 fully saturated rings. The number of carbonyl (C=O) groups is 1. The van der Waals surface area contributed by atoms with Crippen LogP contribution in [0.4, 0.5) is 0 Å². The van der Waals surface area contributed by atoms with Gasteiger partial charge in [0.05, 0.1) is 3.79 Å². The Balaban J connectivity index is 2.80. The van der Waals surface area contributed by atoms with Crippen LogP contribution in [-0.4, -0.2) is 6.29 Å². The smallest absolute Gasteiger partial charge is 0.124 e. The monoisotopic (exact) mass is 204 g/mol. The summed E-state index contributed by atoms with van der Waals surface area (Å²) in [5.41, 5.74) is 1.08. The van der Waals surface area contributed by atoms with Crippen LogP contribution in [-0.2, 0) is 11.2 Å². The second-order valence-electron chi connectivity index (χ2n) is 1.59. The highest BCUT2D eigenvalue weighted by molar-refractivity contribution is 9.11. The number of rotatable bonds is 2. The fourth-order valence-corrected chi connectivity index (χ4v) is 1.83. The number of hydrogen-bond acceptors (Lipinski definition) is 2. The number of carbonyl (C=O) groups excluding carboxylic acids is 1. The summed E-state index contributed by atoms with van der Waals surface area (Å²) in [4.78, 5) is 10.0. The van der Waals surface area contributed by atoms with Gasteiger partial charge in [-0.2, -0.15) is 0 Å². The molecule has 0 saturated carbocycles. The molecule has 1 nitrogen and oxygen atoms in total. The van der Waals surface area contributed by atoms with Crippen molar-refractivity contribution in [2.24, 2.45) is 0 Å². The first-order valence-corrected chi connectivity index (χ1v) is 4.17. The Morgan fingerprint density at radius 2 is 2.56 bits per heavy atom. The van der Waals surface area contributed by atoms with Crippen LogP contribution in [0.1, 0.15) is 5.56 Å². The molecule has 0 unspecified atom stereocenters. The van der Waals surface area contributed by atoms with Gasteiger partial charge in [0.15, 0.2) is 0 Å². The van der Waals surface area contributed by atoms with Crippen molar-refractivity contribution in [1.29, 1.82) is 0 Å². The van der Waals surface area contributed by atoms with Gasteiger partial charge < -0.3 is 4.79 Å². The van der Waals surface area contributed by atoms with E-state index >= 15 is 0 Å². The van der Waals surface area contributed by atoms with E-state index in [2.05, 4.69) is 15.9 Å². The Bertz CT molecular complexity index is 207. The molecule has 0 bridgehead atoms. The maximum Gasteiger partial charge on any atom is 0.124 e. The van der Waals surface area contributed by atoms with Gasteiger partial charge in [-0.05, 0) is 32.9 Å². The average molecular weight is 205 g/mol. The van der Waals surface area contributed by atoms with Crippen molar-refractivity contribution in [1.82, 2.24) is 0 Å². The highest BCUT2D eigenvalue weighted by Crippen LogP contribution is 2.22. The summed E-state index contributed by atoms with van der Waals surface area (Å²) in [6, 6.07) is 1.95. The zero-order valence-electron chi connectivity index (χ0n) is 4.63. The third-order valence-electron chi connectivity index (χ3n) is 0.996. The molecule has 0 amide bonds. The number of thiophene rings is 1. The predicted molar refractivity (Wildman–Crippen MR) is 41.8 cm³/mol. The molecule has 0 aliphatic heterocycles. The van der Waals surface area contributed by atoms with Gasteiger partial charge in [0.1, 0.15) is 6.29 Å². The molecule has 3 heteroatoms. The van der Waals surface area contributed by atoms with Crippen molar-refractivity contribution < 1.29 is 4.79 Å². The van der Waals surface area contributed by atoms with Crippen LogP contribution in [0.3, 0.4) is 0 Å². The standard InChI is InChI=1S/C6H5BrOS/c7-6-5(1-3-8)2-4-9-6/h2-4H,1H2. The SMILES string of the molecule is O=CCc1ccsc1Br. The molecule has 0 aliphatic rings. The Hall–Kier alpha value is -0.150. The largest absolute Gasteiger partial charge is 0.303 e. The van der Waals surface area contributed by atoms with E-state index in [0.717, 1.165) is 15.6 Å². The third kappa shape index (κ3) is 1.63. The molecule has 1 aromatic rings. The molecule has 1 rings (SSSR count). The van der Waals surface area contributed by atoms with Gasteiger partial charge in [0.2, 0.25) is 0 Å². The topological polar surface area (TPSA) is 17.1 Å². The van der Waals surface area contributed by atoms with Gasteiger partial charge in [0, 0.05) is 6.42 Å². The normalized spacial score (nSPS) is 9.44. The van der Waals surface area contributed by atoms with Crippen molar-refractivity contribution in [3.8, 4) is 0 Å². The van der Waals surface area contributed by atoms with Crippen molar-refractivity contribution >= 4 is 33.6 Å². The zero-order chi connectivity index (χ0) is 6.69. The molecule has 0 saturated heterocycles. The van der Waals surface area contributed by atoms with E-state index in [1.54, 1.807) is 11.3 Å². The quantitative estimate of drug-likeness (QED) is 0.676. The van der Waals surface area contributed by atoms with Crippen LogP contribution in [0.15, 0.2) is 15.2 Å². The van der Waals surface area contributed by atoms with Crippen molar-refractivity contribution in [3.63, 3.8) is 0 Å². The number of halogens is 1. The molecule has 9 heavy (non-hydrogen) atoms. The van der Waals surface area contributed by atoms with Gasteiger partial charge in [-0.15, -0.1) is 11.3 Å². The van der Waals surface area contributed by atoms with Crippen molar-refractivity contribution in [3.05, 3.63) is 20.8 Å². The highest BCUT2D eigenvalue weighted by atomic mass is 79.9. The Morgan fingerprint density at radius 3 is 3.00 bits per heavy atom. The molecule has 0 spiro atoms.